The Morgan fingerprint density at radius 2 is 1.90 bits per heavy atom. The van der Waals surface area contributed by atoms with Crippen LogP contribution in [0.4, 0.5) is 8.78 Å². The van der Waals surface area contributed by atoms with Gasteiger partial charge in [-0.25, -0.2) is 13.9 Å². The number of aromatic amines is 1. The summed E-state index contributed by atoms with van der Waals surface area (Å²) < 4.78 is 30.9. The van der Waals surface area contributed by atoms with Gasteiger partial charge in [0, 0.05) is 38.4 Å². The van der Waals surface area contributed by atoms with Crippen LogP contribution in [0.2, 0.25) is 0 Å². The summed E-state index contributed by atoms with van der Waals surface area (Å²) in [7, 11) is 0. The van der Waals surface area contributed by atoms with Crippen molar-refractivity contribution in [2.75, 3.05) is 13.2 Å². The summed E-state index contributed by atoms with van der Waals surface area (Å²) in [5.41, 5.74) is 2.24. The van der Waals surface area contributed by atoms with Gasteiger partial charge in [0.1, 0.15) is 0 Å². The zero-order chi connectivity index (χ0) is 21.6. The van der Waals surface area contributed by atoms with E-state index in [1.807, 2.05) is 31.2 Å². The molecule has 9 heteroatoms. The maximum absolute atomic E-state index is 12.8. The monoisotopic (exact) mass is 420 g/mol. The lowest BCUT2D eigenvalue weighted by molar-refractivity contribution is -0.133. The minimum atomic E-state index is -2.59. The van der Waals surface area contributed by atoms with Crippen LogP contribution in [-0.2, 0) is 17.8 Å². The highest BCUT2D eigenvalue weighted by Crippen LogP contribution is 2.43. The summed E-state index contributed by atoms with van der Waals surface area (Å²) in [5.74, 6) is -2.83. The number of hydrogen-bond donors (Lipinski definition) is 3. The fourth-order valence-electron chi connectivity index (χ4n) is 3.35. The van der Waals surface area contributed by atoms with Crippen LogP contribution < -0.4 is 15.4 Å². The Balaban J connectivity index is 1.35. The molecule has 2 aromatic rings. The molecule has 1 aromatic heterocycles. The van der Waals surface area contributed by atoms with Gasteiger partial charge in [-0.1, -0.05) is 24.3 Å². The van der Waals surface area contributed by atoms with E-state index in [0.29, 0.717) is 32.0 Å². The second-order valence-electron chi connectivity index (χ2n) is 7.48. The van der Waals surface area contributed by atoms with Crippen LogP contribution in [0.1, 0.15) is 47.8 Å². The summed E-state index contributed by atoms with van der Waals surface area (Å²) in [6.45, 7) is 3.15. The quantitative estimate of drug-likeness (QED) is 0.551. The molecule has 1 saturated carbocycles. The summed E-state index contributed by atoms with van der Waals surface area (Å²) >= 11 is 0. The van der Waals surface area contributed by atoms with Gasteiger partial charge in [-0.05, 0) is 30.4 Å². The van der Waals surface area contributed by atoms with Crippen LogP contribution in [0.25, 0.3) is 0 Å². The lowest BCUT2D eigenvalue weighted by atomic mass is 9.79. The number of nitrogens with one attached hydrogen (secondary N) is 3. The smallest absolute Gasteiger partial charge is 0.271 e. The third-order valence-electron chi connectivity index (χ3n) is 4.95. The molecule has 0 aliphatic heterocycles. The number of halogens is 2. The summed E-state index contributed by atoms with van der Waals surface area (Å²) in [6.07, 6.45) is 0.408. The zero-order valence-electron chi connectivity index (χ0n) is 16.8. The van der Waals surface area contributed by atoms with Gasteiger partial charge < -0.3 is 15.4 Å². The molecule has 0 unspecified atom stereocenters. The molecule has 1 fully saturated rings. The van der Waals surface area contributed by atoms with E-state index in [4.69, 9.17) is 4.74 Å². The molecule has 0 spiro atoms. The van der Waals surface area contributed by atoms with E-state index in [0.717, 1.165) is 11.1 Å². The molecule has 1 heterocycles. The molecule has 0 saturated heterocycles. The standard InChI is InChI=1S/C21H26F2N4O3/c1-2-30-19-10-17(26-27-19)20(29)24-8-7-14-3-5-15(6-4-14)13-25-18(28)9-16-11-21(22,23)12-16/h3-6,10,16H,2,7-9,11-13H2,1H3,(H,24,29)(H,25,28)(H,26,27). The highest BCUT2D eigenvalue weighted by molar-refractivity contribution is 5.92. The van der Waals surface area contributed by atoms with Crippen molar-refractivity contribution in [1.82, 2.24) is 20.8 Å². The van der Waals surface area contributed by atoms with Crippen molar-refractivity contribution < 1.29 is 23.1 Å². The molecular weight excluding hydrogens is 394 g/mol. The Labute approximate surface area is 173 Å². The Kier molecular flexibility index (Phi) is 7.02. The number of hydrogen-bond acceptors (Lipinski definition) is 4. The Bertz CT molecular complexity index is 859. The molecule has 1 aromatic carbocycles. The number of ether oxygens (including phenoxy) is 1. The zero-order valence-corrected chi connectivity index (χ0v) is 16.8. The predicted molar refractivity (Wildman–Crippen MR) is 106 cm³/mol. The predicted octanol–water partition coefficient (Wildman–Crippen LogP) is 2.83. The molecule has 2 amide bonds. The van der Waals surface area contributed by atoms with Crippen LogP contribution in [0.15, 0.2) is 30.3 Å². The minimum Gasteiger partial charge on any atom is -0.478 e. The van der Waals surface area contributed by atoms with Gasteiger partial charge in [0.05, 0.1) is 6.61 Å². The first-order valence-corrected chi connectivity index (χ1v) is 10.0. The average Bonchev–Trinajstić information content (AvgIpc) is 3.15. The fraction of sp³-hybridized carbons (Fsp3) is 0.476. The van der Waals surface area contributed by atoms with Crippen molar-refractivity contribution in [2.45, 2.75) is 45.1 Å². The molecule has 0 atom stereocenters. The van der Waals surface area contributed by atoms with Gasteiger partial charge in [0.2, 0.25) is 17.7 Å². The van der Waals surface area contributed by atoms with Gasteiger partial charge in [-0.15, -0.1) is 0 Å². The van der Waals surface area contributed by atoms with Crippen molar-refractivity contribution >= 4 is 11.8 Å². The summed E-state index contributed by atoms with van der Waals surface area (Å²) in [4.78, 5) is 23.9. The largest absolute Gasteiger partial charge is 0.478 e. The number of amides is 2. The van der Waals surface area contributed by atoms with Gasteiger partial charge in [-0.2, -0.15) is 5.10 Å². The van der Waals surface area contributed by atoms with Crippen LogP contribution in [-0.4, -0.2) is 41.1 Å². The summed E-state index contributed by atoms with van der Waals surface area (Å²) in [6, 6.07) is 9.22. The first-order chi connectivity index (χ1) is 14.3. The normalized spacial score (nSPS) is 15.3. The first kappa shape index (κ1) is 21.7. The molecule has 3 rings (SSSR count). The molecule has 30 heavy (non-hydrogen) atoms. The molecule has 7 nitrogen and oxygen atoms in total. The van der Waals surface area contributed by atoms with Crippen LogP contribution in [0, 0.1) is 5.92 Å². The topological polar surface area (TPSA) is 96.1 Å². The van der Waals surface area contributed by atoms with E-state index in [-0.39, 0.29) is 42.7 Å². The van der Waals surface area contributed by atoms with Gasteiger partial charge in [0.15, 0.2) is 5.69 Å². The maximum atomic E-state index is 12.8. The molecule has 1 aliphatic rings. The lowest BCUT2D eigenvalue weighted by Gasteiger charge is -2.34. The van der Waals surface area contributed by atoms with Crippen LogP contribution in [0.3, 0.4) is 0 Å². The first-order valence-electron chi connectivity index (χ1n) is 10.0. The van der Waals surface area contributed by atoms with Crippen LogP contribution in [0.5, 0.6) is 5.88 Å². The number of carbonyl (C=O) groups excluding carboxylic acids is 2. The maximum Gasteiger partial charge on any atom is 0.271 e. The number of H-pyrrole nitrogens is 1. The molecule has 3 N–H and O–H groups in total. The third kappa shape index (κ3) is 6.27. The molecule has 162 valence electrons. The van der Waals surface area contributed by atoms with Crippen molar-refractivity contribution in [3.8, 4) is 5.88 Å². The van der Waals surface area contributed by atoms with Crippen LogP contribution >= 0.6 is 0 Å². The van der Waals surface area contributed by atoms with E-state index in [9.17, 15) is 18.4 Å². The number of nitrogens with zero attached hydrogens (tertiary/aromatic N) is 1. The second kappa shape index (κ2) is 9.69. The number of alkyl halides is 2. The summed E-state index contributed by atoms with van der Waals surface area (Å²) in [5, 5.41) is 12.1. The Morgan fingerprint density at radius 1 is 1.20 bits per heavy atom. The van der Waals surface area contributed by atoms with E-state index in [1.165, 1.54) is 0 Å². The number of benzene rings is 1. The van der Waals surface area contributed by atoms with Crippen molar-refractivity contribution in [3.05, 3.63) is 47.2 Å². The highest BCUT2D eigenvalue weighted by atomic mass is 19.3. The minimum absolute atomic E-state index is 0.148. The van der Waals surface area contributed by atoms with Gasteiger partial charge in [-0.3, -0.25) is 9.59 Å². The van der Waals surface area contributed by atoms with Crippen molar-refractivity contribution in [1.29, 1.82) is 0 Å². The fourth-order valence-corrected chi connectivity index (χ4v) is 3.35. The van der Waals surface area contributed by atoms with E-state index in [1.54, 1.807) is 6.07 Å². The van der Waals surface area contributed by atoms with Crippen molar-refractivity contribution in [2.24, 2.45) is 5.92 Å². The Morgan fingerprint density at radius 3 is 2.57 bits per heavy atom. The lowest BCUT2D eigenvalue weighted by Crippen LogP contribution is -2.38. The molecule has 1 aliphatic carbocycles. The van der Waals surface area contributed by atoms with Gasteiger partial charge in [0.25, 0.3) is 5.91 Å². The number of aromatic nitrogens is 2. The molecule has 0 radical (unpaired) electrons. The van der Waals surface area contributed by atoms with Crippen molar-refractivity contribution in [3.63, 3.8) is 0 Å². The highest BCUT2D eigenvalue weighted by Gasteiger charge is 2.45. The average molecular weight is 420 g/mol. The molecule has 0 bridgehead atoms. The Hall–Kier alpha value is -2.97. The second-order valence-corrected chi connectivity index (χ2v) is 7.48. The number of carbonyl (C=O) groups is 2. The van der Waals surface area contributed by atoms with Gasteiger partial charge >= 0.3 is 0 Å². The van der Waals surface area contributed by atoms with E-state index < -0.39 is 5.92 Å². The van der Waals surface area contributed by atoms with E-state index >= 15 is 0 Å². The number of rotatable bonds is 10. The third-order valence-corrected chi connectivity index (χ3v) is 4.95. The van der Waals surface area contributed by atoms with E-state index in [2.05, 4.69) is 20.8 Å². The molecular formula is C21H26F2N4O3. The SMILES string of the molecule is CCOc1cc(C(=O)NCCc2ccc(CNC(=O)CC3CC(F)(F)C3)cc2)n[nH]1.